The van der Waals surface area contributed by atoms with Gasteiger partial charge in [-0.1, -0.05) is 44.2 Å². The molecule has 8 heteroatoms. The molecular formula is C28H38BN3O4. The van der Waals surface area contributed by atoms with Gasteiger partial charge in [0.05, 0.1) is 29.1 Å². The summed E-state index contributed by atoms with van der Waals surface area (Å²) in [4.78, 5) is 20.3. The fourth-order valence-corrected chi connectivity index (χ4v) is 4.18. The summed E-state index contributed by atoms with van der Waals surface area (Å²) < 4.78 is 17.9. The molecular weight excluding hydrogens is 453 g/mol. The van der Waals surface area contributed by atoms with Crippen LogP contribution in [0.2, 0.25) is 0 Å². The molecule has 192 valence electrons. The number of nitrogens with zero attached hydrogens (tertiary/aromatic N) is 1. The number of ether oxygens (including phenoxy) is 1. The van der Waals surface area contributed by atoms with Gasteiger partial charge in [-0.2, -0.15) is 0 Å². The van der Waals surface area contributed by atoms with Crippen molar-refractivity contribution in [2.45, 2.75) is 85.2 Å². The molecule has 1 aliphatic rings. The first kappa shape index (κ1) is 26.2. The zero-order chi connectivity index (χ0) is 26.5. The summed E-state index contributed by atoms with van der Waals surface area (Å²) in [5, 5.41) is 5.17. The van der Waals surface area contributed by atoms with Crippen molar-refractivity contribution in [3.63, 3.8) is 0 Å². The molecule has 1 atom stereocenters. The van der Waals surface area contributed by atoms with Crippen molar-refractivity contribution in [3.05, 3.63) is 48.4 Å². The standard InChI is InChI=1S/C28H38BN3O4/c1-17(2)23(32-25(33)34-26(3,4)5)24-30-16-22(31-24)20-11-10-19-15-21(13-12-18(19)14-20)29-35-27(6,7)28(8,9)36-29/h10-17,23H,1-9H3,(H,30,31)(H,32,33)/t23-/m0/s1. The minimum Gasteiger partial charge on any atom is -0.444 e. The number of imidazole rings is 1. The monoisotopic (exact) mass is 491 g/mol. The van der Waals surface area contributed by atoms with E-state index in [0.29, 0.717) is 5.82 Å². The van der Waals surface area contributed by atoms with Gasteiger partial charge in [-0.15, -0.1) is 0 Å². The molecule has 0 unspecified atom stereocenters. The highest BCUT2D eigenvalue weighted by atomic mass is 16.7. The van der Waals surface area contributed by atoms with Gasteiger partial charge >= 0.3 is 13.2 Å². The lowest BCUT2D eigenvalue weighted by atomic mass is 9.78. The van der Waals surface area contributed by atoms with Gasteiger partial charge in [-0.25, -0.2) is 9.78 Å². The summed E-state index contributed by atoms with van der Waals surface area (Å²) in [6.45, 7) is 17.9. The fraction of sp³-hybridized carbons (Fsp3) is 0.500. The minimum atomic E-state index is -0.562. The molecule has 36 heavy (non-hydrogen) atoms. The van der Waals surface area contributed by atoms with Gasteiger partial charge in [-0.3, -0.25) is 0 Å². The number of hydrogen-bond acceptors (Lipinski definition) is 5. The van der Waals surface area contributed by atoms with Gasteiger partial charge in [0.15, 0.2) is 0 Å². The van der Waals surface area contributed by atoms with Crippen molar-refractivity contribution in [1.29, 1.82) is 0 Å². The van der Waals surface area contributed by atoms with Gasteiger partial charge in [0.2, 0.25) is 0 Å². The van der Waals surface area contributed by atoms with Crippen LogP contribution in [0.1, 0.15) is 74.2 Å². The van der Waals surface area contributed by atoms with Gasteiger partial charge in [0.25, 0.3) is 0 Å². The van der Waals surface area contributed by atoms with Gasteiger partial charge in [-0.05, 0) is 76.7 Å². The largest absolute Gasteiger partial charge is 0.494 e. The third-order valence-corrected chi connectivity index (χ3v) is 6.93. The van der Waals surface area contributed by atoms with Crippen LogP contribution < -0.4 is 10.8 Å². The lowest BCUT2D eigenvalue weighted by molar-refractivity contribution is 0.00578. The first-order valence-corrected chi connectivity index (χ1v) is 12.6. The molecule has 1 aliphatic heterocycles. The van der Waals surface area contributed by atoms with E-state index >= 15 is 0 Å². The number of aromatic nitrogens is 2. The van der Waals surface area contributed by atoms with Gasteiger partial charge in [0.1, 0.15) is 11.4 Å². The number of carbonyl (C=O) groups excluding carboxylic acids is 1. The van der Waals surface area contributed by atoms with Crippen molar-refractivity contribution < 1.29 is 18.8 Å². The lowest BCUT2D eigenvalue weighted by Gasteiger charge is -2.32. The fourth-order valence-electron chi connectivity index (χ4n) is 4.18. The van der Waals surface area contributed by atoms with Gasteiger partial charge < -0.3 is 24.3 Å². The molecule has 1 aromatic heterocycles. The van der Waals surface area contributed by atoms with Crippen molar-refractivity contribution in [3.8, 4) is 11.3 Å². The number of H-pyrrole nitrogens is 1. The number of rotatable bonds is 5. The number of fused-ring (bicyclic) bond motifs is 1. The predicted molar refractivity (Wildman–Crippen MR) is 144 cm³/mol. The molecule has 1 fully saturated rings. The minimum absolute atomic E-state index is 0.126. The highest BCUT2D eigenvalue weighted by Crippen LogP contribution is 2.36. The molecule has 0 bridgehead atoms. The Balaban J connectivity index is 1.54. The zero-order valence-corrected chi connectivity index (χ0v) is 22.9. The van der Waals surface area contributed by atoms with Crippen molar-refractivity contribution in [2.24, 2.45) is 5.92 Å². The summed E-state index contributed by atoms with van der Waals surface area (Å²) in [6.07, 6.45) is 1.35. The molecule has 1 amide bonds. The Labute approximate surface area is 214 Å². The van der Waals surface area contributed by atoms with E-state index in [4.69, 9.17) is 14.0 Å². The molecule has 7 nitrogen and oxygen atoms in total. The van der Waals surface area contributed by atoms with Crippen molar-refractivity contribution in [1.82, 2.24) is 15.3 Å². The number of benzene rings is 2. The van der Waals surface area contributed by atoms with Crippen LogP contribution in [0.25, 0.3) is 22.0 Å². The van der Waals surface area contributed by atoms with Crippen LogP contribution in [-0.4, -0.2) is 40.0 Å². The molecule has 0 spiro atoms. The summed E-state index contributed by atoms with van der Waals surface area (Å²) in [7, 11) is -0.389. The van der Waals surface area contributed by atoms with E-state index in [1.165, 1.54) is 0 Å². The highest BCUT2D eigenvalue weighted by Gasteiger charge is 2.51. The second kappa shape index (κ2) is 9.23. The van der Waals surface area contributed by atoms with Crippen LogP contribution in [-0.2, 0) is 14.0 Å². The van der Waals surface area contributed by atoms with Crippen molar-refractivity contribution in [2.75, 3.05) is 0 Å². The zero-order valence-electron chi connectivity index (χ0n) is 22.9. The average Bonchev–Trinajstić information content (AvgIpc) is 3.32. The van der Waals surface area contributed by atoms with E-state index in [9.17, 15) is 4.79 Å². The summed E-state index contributed by atoms with van der Waals surface area (Å²) >= 11 is 0. The Morgan fingerprint density at radius 2 is 1.64 bits per heavy atom. The maximum atomic E-state index is 12.4. The van der Waals surface area contributed by atoms with Gasteiger partial charge in [0, 0.05) is 5.56 Å². The molecule has 3 aromatic rings. The van der Waals surface area contributed by atoms with E-state index in [0.717, 1.165) is 27.5 Å². The number of nitrogens with one attached hydrogen (secondary N) is 2. The quantitative estimate of drug-likeness (QED) is 0.444. The molecule has 2 aromatic carbocycles. The molecule has 4 rings (SSSR count). The number of aromatic amines is 1. The average molecular weight is 491 g/mol. The van der Waals surface area contributed by atoms with Crippen LogP contribution in [0.15, 0.2) is 42.6 Å². The van der Waals surface area contributed by atoms with Crippen LogP contribution in [0.5, 0.6) is 0 Å². The number of hydrogen-bond donors (Lipinski definition) is 2. The lowest BCUT2D eigenvalue weighted by Crippen LogP contribution is -2.41. The second-order valence-corrected chi connectivity index (χ2v) is 12.0. The summed E-state index contributed by atoms with van der Waals surface area (Å²) in [5.74, 6) is 0.823. The van der Waals surface area contributed by atoms with E-state index in [-0.39, 0.29) is 30.3 Å². The second-order valence-electron chi connectivity index (χ2n) is 12.0. The number of alkyl carbamates (subject to hydrolysis) is 1. The van der Waals surface area contributed by atoms with E-state index in [1.807, 2.05) is 34.6 Å². The number of amides is 1. The summed E-state index contributed by atoms with van der Waals surface area (Å²) in [6, 6.07) is 12.3. The molecule has 2 heterocycles. The molecule has 0 saturated carbocycles. The third kappa shape index (κ3) is 5.45. The van der Waals surface area contributed by atoms with Crippen LogP contribution >= 0.6 is 0 Å². The first-order chi connectivity index (χ1) is 16.6. The number of carbonyl (C=O) groups is 1. The highest BCUT2D eigenvalue weighted by molar-refractivity contribution is 6.62. The SMILES string of the molecule is CC(C)[C@H](NC(=O)OC(C)(C)C)c1ncc(-c2ccc3cc(B4OC(C)(C)C(C)(C)O4)ccc3c2)[nH]1. The molecule has 0 radical (unpaired) electrons. The maximum Gasteiger partial charge on any atom is 0.494 e. The van der Waals surface area contributed by atoms with E-state index in [1.54, 1.807) is 6.20 Å². The Bertz CT molecular complexity index is 1240. The molecule has 2 N–H and O–H groups in total. The molecule has 0 aliphatic carbocycles. The Kier molecular flexibility index (Phi) is 6.73. The Morgan fingerprint density at radius 1 is 1.03 bits per heavy atom. The Hall–Kier alpha value is -2.84. The van der Waals surface area contributed by atoms with Crippen molar-refractivity contribution >= 4 is 29.4 Å². The normalized spacial score (nSPS) is 18.0. The van der Waals surface area contributed by atoms with Crippen LogP contribution in [0, 0.1) is 5.92 Å². The third-order valence-electron chi connectivity index (χ3n) is 6.93. The Morgan fingerprint density at radius 3 is 2.25 bits per heavy atom. The van der Waals surface area contributed by atoms with Crippen LogP contribution in [0.4, 0.5) is 4.79 Å². The smallest absolute Gasteiger partial charge is 0.444 e. The maximum absolute atomic E-state index is 12.4. The van der Waals surface area contributed by atoms with Crippen LogP contribution in [0.3, 0.4) is 0 Å². The topological polar surface area (TPSA) is 85.5 Å². The predicted octanol–water partition coefficient (Wildman–Crippen LogP) is 5.75. The van der Waals surface area contributed by atoms with E-state index in [2.05, 4.69) is 79.4 Å². The van der Waals surface area contributed by atoms with E-state index < -0.39 is 11.7 Å². The summed E-state index contributed by atoms with van der Waals surface area (Å²) in [5.41, 5.74) is 1.60. The molecule has 1 saturated heterocycles. The first-order valence-electron chi connectivity index (χ1n) is 12.6.